The highest BCUT2D eigenvalue weighted by Crippen LogP contribution is 2.23. The van der Waals surface area contributed by atoms with Crippen molar-refractivity contribution in [2.75, 3.05) is 6.54 Å². The molecule has 1 N–H and O–H groups in total. The van der Waals surface area contributed by atoms with Crippen LogP contribution >= 0.6 is 23.2 Å². The Labute approximate surface area is 176 Å². The van der Waals surface area contributed by atoms with E-state index in [-0.39, 0.29) is 24.8 Å². The van der Waals surface area contributed by atoms with Crippen molar-refractivity contribution in [1.82, 2.24) is 10.2 Å². The Morgan fingerprint density at radius 3 is 2.32 bits per heavy atom. The van der Waals surface area contributed by atoms with Gasteiger partial charge in [-0.2, -0.15) is 0 Å². The monoisotopic (exact) mass is 420 g/mol. The molecule has 2 amide bonds. The highest BCUT2D eigenvalue weighted by Gasteiger charge is 2.26. The van der Waals surface area contributed by atoms with Crippen LogP contribution in [0, 0.1) is 5.92 Å². The summed E-state index contributed by atoms with van der Waals surface area (Å²) in [6.07, 6.45) is 0.216. The van der Waals surface area contributed by atoms with Gasteiger partial charge in [0, 0.05) is 23.1 Å². The minimum atomic E-state index is -0.623. The summed E-state index contributed by atoms with van der Waals surface area (Å²) in [7, 11) is 0. The Kier molecular flexibility index (Phi) is 8.34. The van der Waals surface area contributed by atoms with E-state index in [2.05, 4.69) is 5.32 Å². The van der Waals surface area contributed by atoms with Crippen LogP contribution in [0.2, 0.25) is 10.0 Å². The molecule has 0 spiro atoms. The number of amides is 2. The van der Waals surface area contributed by atoms with Gasteiger partial charge >= 0.3 is 0 Å². The van der Waals surface area contributed by atoms with E-state index in [0.717, 1.165) is 11.1 Å². The van der Waals surface area contributed by atoms with Crippen molar-refractivity contribution < 1.29 is 9.59 Å². The summed E-state index contributed by atoms with van der Waals surface area (Å²) in [5.74, 6) is 0.0138. The SMILES string of the molecule is CC(C)CNC(=O)C(C)N(Cc1ccc(Cl)cc1Cl)C(=O)Cc1ccccc1. The molecule has 0 aromatic heterocycles. The molecule has 1 unspecified atom stereocenters. The molecular formula is C22H26Cl2N2O2. The molecule has 4 nitrogen and oxygen atoms in total. The van der Waals surface area contributed by atoms with Crippen LogP contribution in [0.4, 0.5) is 0 Å². The third-order valence-electron chi connectivity index (χ3n) is 4.41. The van der Waals surface area contributed by atoms with Crippen molar-refractivity contribution in [3.63, 3.8) is 0 Å². The number of hydrogen-bond acceptors (Lipinski definition) is 2. The number of hydrogen-bond donors (Lipinski definition) is 1. The van der Waals surface area contributed by atoms with Crippen LogP contribution < -0.4 is 5.32 Å². The molecule has 0 saturated heterocycles. The maximum atomic E-state index is 13.1. The number of halogens is 2. The van der Waals surface area contributed by atoms with Gasteiger partial charge in [0.2, 0.25) is 11.8 Å². The van der Waals surface area contributed by atoms with Gasteiger partial charge in [-0.25, -0.2) is 0 Å². The highest BCUT2D eigenvalue weighted by molar-refractivity contribution is 6.35. The van der Waals surface area contributed by atoms with E-state index < -0.39 is 6.04 Å². The summed E-state index contributed by atoms with van der Waals surface area (Å²) in [6, 6.07) is 14.0. The first-order chi connectivity index (χ1) is 13.3. The molecule has 0 aliphatic carbocycles. The number of nitrogens with zero attached hydrogens (tertiary/aromatic N) is 1. The molecule has 150 valence electrons. The second-order valence-electron chi connectivity index (χ2n) is 7.23. The molecule has 0 aliphatic rings. The molecule has 28 heavy (non-hydrogen) atoms. The van der Waals surface area contributed by atoms with Crippen molar-refractivity contribution in [3.8, 4) is 0 Å². The van der Waals surface area contributed by atoms with Crippen LogP contribution in [0.3, 0.4) is 0 Å². The average molecular weight is 421 g/mol. The summed E-state index contributed by atoms with van der Waals surface area (Å²) in [5, 5.41) is 3.90. The number of rotatable bonds is 8. The molecule has 2 aromatic rings. The number of carbonyl (C=O) groups excluding carboxylic acids is 2. The highest BCUT2D eigenvalue weighted by atomic mass is 35.5. The fraction of sp³-hybridized carbons (Fsp3) is 0.364. The number of nitrogens with one attached hydrogen (secondary N) is 1. The molecule has 0 fully saturated rings. The predicted molar refractivity (Wildman–Crippen MR) is 114 cm³/mol. The standard InChI is InChI=1S/C22H26Cl2N2O2/c1-15(2)13-25-22(28)16(3)26(14-18-9-10-19(23)12-20(18)24)21(27)11-17-7-5-4-6-8-17/h4-10,12,15-16H,11,13-14H2,1-3H3,(H,25,28). The van der Waals surface area contributed by atoms with Gasteiger partial charge in [-0.05, 0) is 36.1 Å². The first kappa shape index (κ1) is 22.3. The summed E-state index contributed by atoms with van der Waals surface area (Å²) < 4.78 is 0. The van der Waals surface area contributed by atoms with E-state index in [1.54, 1.807) is 30.0 Å². The topological polar surface area (TPSA) is 49.4 Å². The fourth-order valence-corrected chi connectivity index (χ4v) is 3.21. The predicted octanol–water partition coefficient (Wildman–Crippen LogP) is 4.73. The van der Waals surface area contributed by atoms with Gasteiger partial charge in [-0.15, -0.1) is 0 Å². The molecule has 0 aliphatic heterocycles. The second-order valence-corrected chi connectivity index (χ2v) is 8.08. The lowest BCUT2D eigenvalue weighted by molar-refractivity contribution is -0.140. The van der Waals surface area contributed by atoms with Gasteiger partial charge in [0.05, 0.1) is 6.42 Å². The molecule has 1 atom stereocenters. The fourth-order valence-electron chi connectivity index (χ4n) is 2.74. The van der Waals surface area contributed by atoms with E-state index in [1.807, 2.05) is 44.2 Å². The van der Waals surface area contributed by atoms with Crippen LogP contribution in [0.25, 0.3) is 0 Å². The van der Waals surface area contributed by atoms with Crippen LogP contribution in [0.5, 0.6) is 0 Å². The number of carbonyl (C=O) groups is 2. The van der Waals surface area contributed by atoms with Gasteiger partial charge < -0.3 is 10.2 Å². The Bertz CT molecular complexity index is 809. The second kappa shape index (κ2) is 10.5. The van der Waals surface area contributed by atoms with E-state index >= 15 is 0 Å². The maximum absolute atomic E-state index is 13.1. The first-order valence-electron chi connectivity index (χ1n) is 9.33. The van der Waals surface area contributed by atoms with Gasteiger partial charge in [0.15, 0.2) is 0 Å². The Hall–Kier alpha value is -2.04. The van der Waals surface area contributed by atoms with Gasteiger partial charge in [0.25, 0.3) is 0 Å². The molecule has 0 bridgehead atoms. The van der Waals surface area contributed by atoms with E-state index in [4.69, 9.17) is 23.2 Å². The third kappa shape index (κ3) is 6.54. The summed E-state index contributed by atoms with van der Waals surface area (Å²) in [6.45, 7) is 6.58. The molecule has 0 saturated carbocycles. The van der Waals surface area contributed by atoms with E-state index in [0.29, 0.717) is 22.5 Å². The lowest BCUT2D eigenvalue weighted by atomic mass is 10.1. The Balaban J connectivity index is 2.23. The molecule has 0 radical (unpaired) electrons. The lowest BCUT2D eigenvalue weighted by Gasteiger charge is -2.29. The zero-order chi connectivity index (χ0) is 20.7. The smallest absolute Gasteiger partial charge is 0.242 e. The van der Waals surface area contributed by atoms with E-state index in [9.17, 15) is 9.59 Å². The molecule has 0 heterocycles. The summed E-state index contributed by atoms with van der Waals surface area (Å²) in [4.78, 5) is 27.2. The molecule has 2 aromatic carbocycles. The lowest BCUT2D eigenvalue weighted by Crippen LogP contribution is -2.48. The Morgan fingerprint density at radius 1 is 1.04 bits per heavy atom. The van der Waals surface area contributed by atoms with Crippen molar-refractivity contribution >= 4 is 35.0 Å². The zero-order valence-corrected chi connectivity index (χ0v) is 17.9. The van der Waals surface area contributed by atoms with E-state index in [1.165, 1.54) is 0 Å². The average Bonchev–Trinajstić information content (AvgIpc) is 2.65. The molecule has 2 rings (SSSR count). The quantitative estimate of drug-likeness (QED) is 0.670. The first-order valence-corrected chi connectivity index (χ1v) is 10.1. The summed E-state index contributed by atoms with van der Waals surface area (Å²) >= 11 is 12.3. The van der Waals surface area contributed by atoms with Crippen LogP contribution in [0.15, 0.2) is 48.5 Å². The molecule has 6 heteroatoms. The molecular weight excluding hydrogens is 395 g/mol. The third-order valence-corrected chi connectivity index (χ3v) is 4.99. The summed E-state index contributed by atoms with van der Waals surface area (Å²) in [5.41, 5.74) is 1.64. The van der Waals surface area contributed by atoms with Crippen molar-refractivity contribution in [2.45, 2.75) is 39.8 Å². The van der Waals surface area contributed by atoms with Gasteiger partial charge in [-0.1, -0.05) is 73.4 Å². The number of benzene rings is 2. The zero-order valence-electron chi connectivity index (χ0n) is 16.4. The van der Waals surface area contributed by atoms with Crippen molar-refractivity contribution in [1.29, 1.82) is 0 Å². The van der Waals surface area contributed by atoms with Crippen LogP contribution in [-0.4, -0.2) is 29.3 Å². The largest absolute Gasteiger partial charge is 0.354 e. The van der Waals surface area contributed by atoms with Gasteiger partial charge in [-0.3, -0.25) is 9.59 Å². The van der Waals surface area contributed by atoms with Crippen molar-refractivity contribution in [3.05, 3.63) is 69.7 Å². The van der Waals surface area contributed by atoms with Crippen LogP contribution in [0.1, 0.15) is 31.9 Å². The normalized spacial score (nSPS) is 11.9. The maximum Gasteiger partial charge on any atom is 0.242 e. The van der Waals surface area contributed by atoms with Gasteiger partial charge in [0.1, 0.15) is 6.04 Å². The minimum absolute atomic E-state index is 0.135. The minimum Gasteiger partial charge on any atom is -0.354 e. The Morgan fingerprint density at radius 2 is 1.71 bits per heavy atom. The van der Waals surface area contributed by atoms with Crippen molar-refractivity contribution in [2.24, 2.45) is 5.92 Å². The van der Waals surface area contributed by atoms with Crippen LogP contribution in [-0.2, 0) is 22.6 Å².